The Morgan fingerprint density at radius 3 is 2.32 bits per heavy atom. The minimum Gasteiger partial charge on any atom is -0.322 e. The minimum atomic E-state index is -3.66. The second-order valence-corrected chi connectivity index (χ2v) is 9.37. The summed E-state index contributed by atoms with van der Waals surface area (Å²) in [6.45, 7) is 2.37. The van der Waals surface area contributed by atoms with Gasteiger partial charge < -0.3 is 5.32 Å². The maximum Gasteiger partial charge on any atom is 0.261 e. The van der Waals surface area contributed by atoms with Crippen molar-refractivity contribution in [1.29, 1.82) is 0 Å². The van der Waals surface area contributed by atoms with Crippen molar-refractivity contribution in [3.63, 3.8) is 0 Å². The van der Waals surface area contributed by atoms with Crippen LogP contribution >= 0.6 is 0 Å². The average Bonchev–Trinajstić information content (AvgIpc) is 2.73. The summed E-state index contributed by atoms with van der Waals surface area (Å²) >= 11 is 0. The molecule has 0 atom stereocenters. The van der Waals surface area contributed by atoms with Gasteiger partial charge in [-0.3, -0.25) is 4.79 Å². The van der Waals surface area contributed by atoms with Gasteiger partial charge in [0.15, 0.2) is 0 Å². The molecule has 1 heterocycles. The van der Waals surface area contributed by atoms with E-state index in [1.165, 1.54) is 10.4 Å². The maximum atomic E-state index is 13.9. The number of anilines is 1. The standard InChI is InChI=1S/C23H20F2N2O3S/c1-15-5-9-19(10-6-15)31(29,30)27-12-11-16-7-8-18(13-17(16)14-27)26-23(28)22-20(24)3-2-4-21(22)25/h2-10,13H,11-12,14H2,1H3,(H,26,28). The van der Waals surface area contributed by atoms with Crippen molar-refractivity contribution in [2.75, 3.05) is 11.9 Å². The molecule has 0 spiro atoms. The Morgan fingerprint density at radius 2 is 1.65 bits per heavy atom. The van der Waals surface area contributed by atoms with E-state index in [0.717, 1.165) is 28.8 Å². The number of carbonyl (C=O) groups excluding carboxylic acids is 1. The number of carbonyl (C=O) groups is 1. The van der Waals surface area contributed by atoms with Crippen molar-refractivity contribution in [2.24, 2.45) is 0 Å². The zero-order valence-corrected chi connectivity index (χ0v) is 17.5. The second kappa shape index (κ2) is 8.20. The SMILES string of the molecule is Cc1ccc(S(=O)(=O)N2CCc3ccc(NC(=O)c4c(F)cccc4F)cc3C2)cc1. The number of nitrogens with zero attached hydrogens (tertiary/aromatic N) is 1. The summed E-state index contributed by atoms with van der Waals surface area (Å²) in [6.07, 6.45) is 0.524. The summed E-state index contributed by atoms with van der Waals surface area (Å²) < 4.78 is 55.1. The number of rotatable bonds is 4. The predicted octanol–water partition coefficient (Wildman–Crippen LogP) is 4.27. The van der Waals surface area contributed by atoms with Gasteiger partial charge in [0.05, 0.1) is 4.90 Å². The van der Waals surface area contributed by atoms with Crippen LogP contribution < -0.4 is 5.32 Å². The van der Waals surface area contributed by atoms with E-state index in [2.05, 4.69) is 5.32 Å². The number of hydrogen-bond acceptors (Lipinski definition) is 3. The number of amides is 1. The number of halogens is 2. The normalized spacial score (nSPS) is 14.2. The van der Waals surface area contributed by atoms with Crippen molar-refractivity contribution in [3.05, 3.63) is 94.6 Å². The Hall–Kier alpha value is -3.10. The number of sulfonamides is 1. The summed E-state index contributed by atoms with van der Waals surface area (Å²) in [5, 5.41) is 2.49. The smallest absolute Gasteiger partial charge is 0.261 e. The van der Waals surface area contributed by atoms with Crippen molar-refractivity contribution in [2.45, 2.75) is 24.8 Å². The summed E-state index contributed by atoms with van der Waals surface area (Å²) in [5.74, 6) is -2.81. The fraction of sp³-hybridized carbons (Fsp3) is 0.174. The molecule has 160 valence electrons. The molecule has 5 nitrogen and oxygen atoms in total. The van der Waals surface area contributed by atoms with Crippen LogP contribution in [-0.4, -0.2) is 25.2 Å². The van der Waals surface area contributed by atoms with Gasteiger partial charge in [0.25, 0.3) is 5.91 Å². The third-order valence-corrected chi connectivity index (χ3v) is 7.15. The number of fused-ring (bicyclic) bond motifs is 1. The van der Waals surface area contributed by atoms with Crippen molar-refractivity contribution >= 4 is 21.6 Å². The van der Waals surface area contributed by atoms with Crippen LogP contribution in [0, 0.1) is 18.6 Å². The molecule has 3 aromatic rings. The lowest BCUT2D eigenvalue weighted by Gasteiger charge is -2.28. The van der Waals surface area contributed by atoms with E-state index in [9.17, 15) is 22.0 Å². The monoisotopic (exact) mass is 442 g/mol. The van der Waals surface area contributed by atoms with Crippen LogP contribution in [0.2, 0.25) is 0 Å². The fourth-order valence-corrected chi connectivity index (χ4v) is 5.00. The molecule has 4 rings (SSSR count). The Morgan fingerprint density at radius 1 is 0.968 bits per heavy atom. The third-order valence-electron chi connectivity index (χ3n) is 5.29. The maximum absolute atomic E-state index is 13.9. The quantitative estimate of drug-likeness (QED) is 0.656. The van der Waals surface area contributed by atoms with Gasteiger partial charge in [-0.25, -0.2) is 17.2 Å². The Labute approximate surface area is 179 Å². The molecule has 0 unspecified atom stereocenters. The van der Waals surface area contributed by atoms with Crippen LogP contribution in [0.15, 0.2) is 65.6 Å². The zero-order valence-electron chi connectivity index (χ0n) is 16.7. The average molecular weight is 442 g/mol. The predicted molar refractivity (Wildman–Crippen MR) is 113 cm³/mol. The molecule has 0 aliphatic carbocycles. The highest BCUT2D eigenvalue weighted by atomic mass is 32.2. The molecule has 0 fully saturated rings. The largest absolute Gasteiger partial charge is 0.322 e. The third kappa shape index (κ3) is 4.22. The number of aryl methyl sites for hydroxylation is 1. The first kappa shape index (κ1) is 21.1. The lowest BCUT2D eigenvalue weighted by Crippen LogP contribution is -2.36. The topological polar surface area (TPSA) is 66.5 Å². The highest BCUT2D eigenvalue weighted by molar-refractivity contribution is 7.89. The number of nitrogens with one attached hydrogen (secondary N) is 1. The molecule has 0 radical (unpaired) electrons. The van der Waals surface area contributed by atoms with Crippen molar-refractivity contribution in [1.82, 2.24) is 4.31 Å². The van der Waals surface area contributed by atoms with E-state index < -0.39 is 33.1 Å². The van der Waals surface area contributed by atoms with Crippen LogP contribution in [0.25, 0.3) is 0 Å². The molecule has 1 N–H and O–H groups in total. The minimum absolute atomic E-state index is 0.142. The molecular formula is C23H20F2N2O3S. The van der Waals surface area contributed by atoms with Gasteiger partial charge in [-0.05, 0) is 60.9 Å². The summed E-state index contributed by atoms with van der Waals surface area (Å²) in [6, 6.07) is 14.9. The fourth-order valence-electron chi connectivity index (χ4n) is 3.58. The molecule has 0 bridgehead atoms. The Kier molecular flexibility index (Phi) is 5.60. The summed E-state index contributed by atoms with van der Waals surface area (Å²) in [7, 11) is -3.66. The molecular weight excluding hydrogens is 422 g/mol. The molecule has 3 aromatic carbocycles. The van der Waals surface area contributed by atoms with Crippen LogP contribution in [-0.2, 0) is 23.0 Å². The summed E-state index contributed by atoms with van der Waals surface area (Å²) in [5.41, 5.74) is 2.33. The van der Waals surface area contributed by atoms with E-state index in [1.54, 1.807) is 42.5 Å². The van der Waals surface area contributed by atoms with Gasteiger partial charge in [0.1, 0.15) is 17.2 Å². The van der Waals surface area contributed by atoms with E-state index in [4.69, 9.17) is 0 Å². The first-order valence-corrected chi connectivity index (χ1v) is 11.1. The molecule has 31 heavy (non-hydrogen) atoms. The van der Waals surface area contributed by atoms with Gasteiger partial charge in [0.2, 0.25) is 10.0 Å². The zero-order chi connectivity index (χ0) is 22.2. The van der Waals surface area contributed by atoms with Crippen LogP contribution in [0.5, 0.6) is 0 Å². The lowest BCUT2D eigenvalue weighted by atomic mass is 10.0. The molecule has 8 heteroatoms. The number of hydrogen-bond donors (Lipinski definition) is 1. The van der Waals surface area contributed by atoms with E-state index in [0.29, 0.717) is 18.7 Å². The van der Waals surface area contributed by atoms with Gasteiger partial charge in [-0.1, -0.05) is 29.8 Å². The van der Waals surface area contributed by atoms with Crippen molar-refractivity contribution < 1.29 is 22.0 Å². The van der Waals surface area contributed by atoms with Gasteiger partial charge in [-0.2, -0.15) is 4.31 Å². The molecule has 1 aliphatic heterocycles. The molecule has 1 amide bonds. The van der Waals surface area contributed by atoms with Crippen LogP contribution in [0.3, 0.4) is 0 Å². The molecule has 0 saturated carbocycles. The van der Waals surface area contributed by atoms with Crippen LogP contribution in [0.4, 0.5) is 14.5 Å². The second-order valence-electron chi connectivity index (χ2n) is 7.44. The molecule has 0 aromatic heterocycles. The molecule has 0 saturated heterocycles. The van der Waals surface area contributed by atoms with Crippen molar-refractivity contribution in [3.8, 4) is 0 Å². The molecule has 1 aliphatic rings. The van der Waals surface area contributed by atoms with Gasteiger partial charge in [-0.15, -0.1) is 0 Å². The first-order chi connectivity index (χ1) is 14.8. The van der Waals surface area contributed by atoms with E-state index >= 15 is 0 Å². The Bertz CT molecular complexity index is 1240. The first-order valence-electron chi connectivity index (χ1n) is 9.70. The highest BCUT2D eigenvalue weighted by Crippen LogP contribution is 2.27. The number of benzene rings is 3. The lowest BCUT2D eigenvalue weighted by molar-refractivity contribution is 0.101. The van der Waals surface area contributed by atoms with Crippen LogP contribution in [0.1, 0.15) is 27.0 Å². The van der Waals surface area contributed by atoms with E-state index in [1.807, 2.05) is 6.92 Å². The van der Waals surface area contributed by atoms with Gasteiger partial charge in [0, 0.05) is 18.8 Å². The summed E-state index contributed by atoms with van der Waals surface area (Å²) in [4.78, 5) is 12.6. The van der Waals surface area contributed by atoms with Gasteiger partial charge >= 0.3 is 0 Å². The highest BCUT2D eigenvalue weighted by Gasteiger charge is 2.28. The Balaban J connectivity index is 1.57. The van der Waals surface area contributed by atoms with E-state index in [-0.39, 0.29) is 11.4 Å².